The van der Waals surface area contributed by atoms with Gasteiger partial charge < -0.3 is 19.9 Å². The van der Waals surface area contributed by atoms with E-state index < -0.39 is 17.7 Å². The lowest BCUT2D eigenvalue weighted by atomic mass is 9.81. The molecule has 0 bridgehead atoms. The van der Waals surface area contributed by atoms with E-state index in [0.29, 0.717) is 16.8 Å². The Morgan fingerprint density at radius 1 is 1.07 bits per heavy atom. The highest BCUT2D eigenvalue weighted by molar-refractivity contribution is 5.77. The van der Waals surface area contributed by atoms with Crippen LogP contribution in [0.5, 0.6) is 5.88 Å². The number of hydrogen-bond acceptors (Lipinski definition) is 5. The molecular weight excluding hydrogens is 368 g/mol. The molecule has 0 fully saturated rings. The van der Waals surface area contributed by atoms with Crippen LogP contribution in [-0.4, -0.2) is 36.3 Å². The second kappa shape index (κ2) is 8.75. The van der Waals surface area contributed by atoms with Crippen LogP contribution in [0, 0.1) is 6.92 Å². The Hall–Kier alpha value is -3.38. The first kappa shape index (κ1) is 20.4. The molecule has 6 heteroatoms. The van der Waals surface area contributed by atoms with Crippen molar-refractivity contribution in [1.82, 2.24) is 4.98 Å². The number of carbonyl (C=O) groups is 1. The third kappa shape index (κ3) is 3.93. The average Bonchev–Trinajstić information content (AvgIpc) is 2.76. The molecule has 3 rings (SSSR count). The number of hydrogen-bond donors (Lipinski definition) is 2. The van der Waals surface area contributed by atoms with Crippen LogP contribution in [0.1, 0.15) is 16.7 Å². The number of aryl methyl sites for hydroxylation is 1. The van der Waals surface area contributed by atoms with Crippen LogP contribution >= 0.6 is 0 Å². The van der Waals surface area contributed by atoms with Crippen LogP contribution in [0.4, 0.5) is 5.69 Å². The fourth-order valence-electron chi connectivity index (χ4n) is 3.43. The largest absolute Gasteiger partial charge is 0.478 e. The number of aromatic nitrogens is 1. The fourth-order valence-corrected chi connectivity index (χ4v) is 3.43. The van der Waals surface area contributed by atoms with Crippen LogP contribution in [0.25, 0.3) is 0 Å². The van der Waals surface area contributed by atoms with Crippen molar-refractivity contribution < 1.29 is 19.4 Å². The molecule has 3 aromatic rings. The minimum absolute atomic E-state index is 0.193. The number of methoxy groups -OCH3 is 1. The topological polar surface area (TPSA) is 80.7 Å². The summed E-state index contributed by atoms with van der Waals surface area (Å²) in [7, 11) is 3.22. The number of benzene rings is 2. The molecule has 29 heavy (non-hydrogen) atoms. The number of pyridine rings is 1. The predicted molar refractivity (Wildman–Crippen MR) is 111 cm³/mol. The second-order valence-corrected chi connectivity index (χ2v) is 6.62. The predicted octanol–water partition coefficient (Wildman–Crippen LogP) is 3.85. The molecule has 1 atom stereocenters. The van der Waals surface area contributed by atoms with Crippen molar-refractivity contribution >= 4 is 11.7 Å². The van der Waals surface area contributed by atoms with Gasteiger partial charge in [-0.15, -0.1) is 0 Å². The highest BCUT2D eigenvalue weighted by Crippen LogP contribution is 2.39. The highest BCUT2D eigenvalue weighted by atomic mass is 16.6. The van der Waals surface area contributed by atoms with Crippen LogP contribution in [0.3, 0.4) is 0 Å². The van der Waals surface area contributed by atoms with Gasteiger partial charge in [-0.2, -0.15) is 0 Å². The lowest BCUT2D eigenvalue weighted by Gasteiger charge is -2.38. The van der Waals surface area contributed by atoms with E-state index in [0.717, 1.165) is 5.56 Å². The van der Waals surface area contributed by atoms with Crippen molar-refractivity contribution in [3.63, 3.8) is 0 Å². The zero-order chi connectivity index (χ0) is 20.9. The van der Waals surface area contributed by atoms with E-state index in [9.17, 15) is 9.90 Å². The molecule has 0 aliphatic heterocycles. The Morgan fingerprint density at radius 2 is 1.62 bits per heavy atom. The molecule has 1 aromatic heterocycles. The summed E-state index contributed by atoms with van der Waals surface area (Å²) in [6.45, 7) is 1.90. The minimum atomic E-state index is -1.39. The first-order valence-corrected chi connectivity index (χ1v) is 9.23. The quantitative estimate of drug-likeness (QED) is 0.606. The Balaban J connectivity index is 2.20. The average molecular weight is 392 g/mol. The molecule has 0 saturated heterocycles. The molecule has 0 amide bonds. The second-order valence-electron chi connectivity index (χ2n) is 6.62. The Bertz CT molecular complexity index is 922. The van der Waals surface area contributed by atoms with Crippen LogP contribution in [-0.2, 0) is 15.1 Å². The molecule has 150 valence electrons. The number of nitrogens with zero attached hydrogens (tertiary/aromatic N) is 1. The molecule has 1 unspecified atom stereocenters. The number of ether oxygens (including phenoxy) is 2. The summed E-state index contributed by atoms with van der Waals surface area (Å²) in [5.41, 5.74) is 1.48. The first-order chi connectivity index (χ1) is 14.0. The maximum absolute atomic E-state index is 12.5. The molecule has 1 heterocycles. The van der Waals surface area contributed by atoms with Crippen molar-refractivity contribution in [2.75, 3.05) is 19.5 Å². The summed E-state index contributed by atoms with van der Waals surface area (Å²) < 4.78 is 12.0. The lowest BCUT2D eigenvalue weighted by Crippen LogP contribution is -2.50. The van der Waals surface area contributed by atoms with Gasteiger partial charge in [0.1, 0.15) is 0 Å². The molecule has 2 aromatic carbocycles. The highest BCUT2D eigenvalue weighted by Gasteiger charge is 2.49. The van der Waals surface area contributed by atoms with Gasteiger partial charge in [0.2, 0.25) is 12.0 Å². The van der Waals surface area contributed by atoms with Gasteiger partial charge in [-0.1, -0.05) is 60.7 Å². The van der Waals surface area contributed by atoms with Crippen molar-refractivity contribution in [2.24, 2.45) is 0 Å². The van der Waals surface area contributed by atoms with E-state index in [-0.39, 0.29) is 5.88 Å². The fraction of sp³-hybridized carbons (Fsp3) is 0.217. The zero-order valence-corrected chi connectivity index (χ0v) is 16.6. The van der Waals surface area contributed by atoms with E-state index in [1.807, 2.05) is 73.7 Å². The van der Waals surface area contributed by atoms with Crippen LogP contribution in [0.2, 0.25) is 0 Å². The summed E-state index contributed by atoms with van der Waals surface area (Å²) >= 11 is 0. The Labute approximate surface area is 170 Å². The summed E-state index contributed by atoms with van der Waals surface area (Å²) in [5, 5.41) is 13.2. The van der Waals surface area contributed by atoms with Gasteiger partial charge in [0.05, 0.1) is 5.69 Å². The number of anilines is 1. The molecule has 0 aliphatic rings. The zero-order valence-electron chi connectivity index (χ0n) is 16.6. The van der Waals surface area contributed by atoms with E-state index in [1.165, 1.54) is 7.11 Å². The number of rotatable bonds is 8. The van der Waals surface area contributed by atoms with Gasteiger partial charge in [0.25, 0.3) is 0 Å². The Morgan fingerprint density at radius 3 is 2.07 bits per heavy atom. The lowest BCUT2D eigenvalue weighted by molar-refractivity contribution is -0.160. The van der Waals surface area contributed by atoms with E-state index in [4.69, 9.17) is 9.47 Å². The molecule has 0 aliphatic carbocycles. The van der Waals surface area contributed by atoms with Crippen molar-refractivity contribution in [3.05, 3.63) is 89.6 Å². The van der Waals surface area contributed by atoms with E-state index >= 15 is 0 Å². The van der Waals surface area contributed by atoms with Gasteiger partial charge in [-0.3, -0.25) is 0 Å². The van der Waals surface area contributed by atoms with Gasteiger partial charge in [-0.05, 0) is 29.7 Å². The molecule has 0 radical (unpaired) electrons. The number of nitrogens with one attached hydrogen (secondary N) is 1. The van der Waals surface area contributed by atoms with E-state index in [2.05, 4.69) is 10.3 Å². The summed E-state index contributed by atoms with van der Waals surface area (Å²) in [4.78, 5) is 16.8. The summed E-state index contributed by atoms with van der Waals surface area (Å²) in [6, 6.07) is 20.3. The van der Waals surface area contributed by atoms with E-state index in [1.54, 1.807) is 13.2 Å². The molecular formula is C23H24N2O4. The number of aliphatic carboxylic acids is 1. The standard InChI is InChI=1S/C23H24N2O4/c1-16-14-19(24-2)21(25-15-16)29-20(22(26)27)23(28-3,17-10-6-4-7-11-17)18-12-8-5-9-13-18/h4-15,20,24H,1-3H3,(H,26,27). The number of carboxylic acids is 1. The minimum Gasteiger partial charge on any atom is -0.478 e. The number of carboxylic acid groups (broad SMARTS) is 1. The van der Waals surface area contributed by atoms with Crippen LogP contribution in [0.15, 0.2) is 72.9 Å². The first-order valence-electron chi connectivity index (χ1n) is 9.23. The molecule has 0 spiro atoms. The summed E-state index contributed by atoms with van der Waals surface area (Å²) in [5.74, 6) is -0.970. The van der Waals surface area contributed by atoms with Gasteiger partial charge in [0.15, 0.2) is 5.60 Å². The normalized spacial score (nSPS) is 12.2. The molecule has 6 nitrogen and oxygen atoms in total. The van der Waals surface area contributed by atoms with Crippen molar-refractivity contribution in [3.8, 4) is 5.88 Å². The van der Waals surface area contributed by atoms with Gasteiger partial charge >= 0.3 is 5.97 Å². The molecule has 0 saturated carbocycles. The third-order valence-electron chi connectivity index (χ3n) is 4.81. The third-order valence-corrected chi connectivity index (χ3v) is 4.81. The Kier molecular flexibility index (Phi) is 6.14. The van der Waals surface area contributed by atoms with Gasteiger partial charge in [-0.25, -0.2) is 9.78 Å². The SMILES string of the molecule is CNc1cc(C)cnc1OC(C(=O)O)C(OC)(c1ccccc1)c1ccccc1. The van der Waals surface area contributed by atoms with Crippen LogP contribution < -0.4 is 10.1 Å². The monoisotopic (exact) mass is 392 g/mol. The molecule has 2 N–H and O–H groups in total. The van der Waals surface area contributed by atoms with Crippen molar-refractivity contribution in [1.29, 1.82) is 0 Å². The summed E-state index contributed by atoms with van der Waals surface area (Å²) in [6.07, 6.45) is 0.244. The van der Waals surface area contributed by atoms with Gasteiger partial charge in [0, 0.05) is 20.4 Å². The maximum Gasteiger partial charge on any atom is 0.348 e. The van der Waals surface area contributed by atoms with Crippen molar-refractivity contribution in [2.45, 2.75) is 18.6 Å². The smallest absolute Gasteiger partial charge is 0.348 e. The maximum atomic E-state index is 12.5.